The summed E-state index contributed by atoms with van der Waals surface area (Å²) in [4.78, 5) is 0. The summed E-state index contributed by atoms with van der Waals surface area (Å²) in [6.07, 6.45) is -4.92. The SMILES string of the molecule is Cc1ccc(-c2ccc3c(c2)c2ccccc2n3-c2cc(-c3c(F)cccc3F)cc(-n3c4ccccc4c4cc(-c5ccc(C)cc5)ccc43)c2C(F)(F)F)cc1. The second kappa shape index (κ2) is 13.3. The lowest BCUT2D eigenvalue weighted by molar-refractivity contribution is -0.137. The molecule has 0 aliphatic rings. The standard InChI is InChI=1S/C51H33F5N2/c1-30-14-18-32(19-15-30)34-22-24-45-39(26-34)37-8-3-5-12-43(37)57(45)47-28-36(49-41(52)10-7-11-42(49)53)29-48(50(47)51(54,55)56)58-44-13-6-4-9-38(44)40-27-35(23-25-46(40)58)33-20-16-31(2)17-21-33/h3-29H,1-2H3. The minimum atomic E-state index is -4.92. The zero-order valence-corrected chi connectivity index (χ0v) is 31.4. The molecule has 2 aromatic heterocycles. The first-order valence-electron chi connectivity index (χ1n) is 19.0. The van der Waals surface area contributed by atoms with Crippen LogP contribution >= 0.6 is 0 Å². The van der Waals surface area contributed by atoms with Crippen LogP contribution in [0.5, 0.6) is 0 Å². The predicted octanol–water partition coefficient (Wildman–Crippen LogP) is 14.8. The number of benzene rings is 8. The first kappa shape index (κ1) is 35.4. The van der Waals surface area contributed by atoms with Crippen LogP contribution in [-0.4, -0.2) is 9.13 Å². The van der Waals surface area contributed by atoms with Gasteiger partial charge in [0.2, 0.25) is 0 Å². The summed E-state index contributed by atoms with van der Waals surface area (Å²) in [5, 5.41) is 2.96. The Bertz CT molecular complexity index is 3040. The van der Waals surface area contributed by atoms with Crippen molar-refractivity contribution in [3.63, 3.8) is 0 Å². The molecule has 0 aliphatic heterocycles. The second-order valence-electron chi connectivity index (χ2n) is 14.9. The molecule has 0 atom stereocenters. The van der Waals surface area contributed by atoms with Crippen LogP contribution in [0.1, 0.15) is 16.7 Å². The summed E-state index contributed by atoms with van der Waals surface area (Å²) in [7, 11) is 0. The van der Waals surface area contributed by atoms with E-state index in [-0.39, 0.29) is 16.9 Å². The molecule has 10 aromatic rings. The summed E-state index contributed by atoms with van der Waals surface area (Å²) in [5.41, 5.74) is 6.16. The number of rotatable bonds is 5. The molecule has 0 spiro atoms. The van der Waals surface area contributed by atoms with Gasteiger partial charge in [-0.25, -0.2) is 8.78 Å². The summed E-state index contributed by atoms with van der Waals surface area (Å²) >= 11 is 0. The van der Waals surface area contributed by atoms with Crippen LogP contribution < -0.4 is 0 Å². The van der Waals surface area contributed by atoms with Gasteiger partial charge in [0.1, 0.15) is 17.2 Å². The number of nitrogens with zero attached hydrogens (tertiary/aromatic N) is 2. The Hall–Kier alpha value is -6.99. The van der Waals surface area contributed by atoms with E-state index in [2.05, 4.69) is 0 Å². The lowest BCUT2D eigenvalue weighted by Crippen LogP contribution is -2.16. The van der Waals surface area contributed by atoms with Crippen molar-refractivity contribution >= 4 is 43.6 Å². The number of hydrogen-bond donors (Lipinski definition) is 0. The van der Waals surface area contributed by atoms with Crippen LogP contribution in [0.15, 0.2) is 164 Å². The molecule has 8 aromatic carbocycles. The van der Waals surface area contributed by atoms with Gasteiger partial charge in [0.05, 0.1) is 39.0 Å². The Morgan fingerprint density at radius 2 is 0.776 bits per heavy atom. The maximum absolute atomic E-state index is 16.2. The average molecular weight is 769 g/mol. The van der Waals surface area contributed by atoms with Crippen molar-refractivity contribution in [1.82, 2.24) is 9.13 Å². The fourth-order valence-electron chi connectivity index (χ4n) is 8.49. The van der Waals surface area contributed by atoms with Gasteiger partial charge in [-0.2, -0.15) is 13.2 Å². The Morgan fingerprint density at radius 1 is 0.379 bits per heavy atom. The van der Waals surface area contributed by atoms with Crippen molar-refractivity contribution in [2.24, 2.45) is 0 Å². The van der Waals surface area contributed by atoms with E-state index in [0.717, 1.165) is 67.1 Å². The van der Waals surface area contributed by atoms with Crippen LogP contribution in [0.4, 0.5) is 22.0 Å². The highest BCUT2D eigenvalue weighted by Gasteiger charge is 2.40. The fraction of sp³-hybridized carbons (Fsp3) is 0.0588. The Balaban J connectivity index is 1.33. The Morgan fingerprint density at radius 3 is 1.21 bits per heavy atom. The van der Waals surface area contributed by atoms with Gasteiger partial charge in [-0.15, -0.1) is 0 Å². The number of fused-ring (bicyclic) bond motifs is 6. The number of alkyl halides is 3. The highest BCUT2D eigenvalue weighted by molar-refractivity contribution is 6.12. The summed E-state index contributed by atoms with van der Waals surface area (Å²) in [5.74, 6) is -1.77. The van der Waals surface area contributed by atoms with Crippen LogP contribution in [0.2, 0.25) is 0 Å². The van der Waals surface area contributed by atoms with E-state index in [0.29, 0.717) is 22.1 Å². The molecular weight excluding hydrogens is 736 g/mol. The predicted molar refractivity (Wildman–Crippen MR) is 226 cm³/mol. The summed E-state index contributed by atoms with van der Waals surface area (Å²) < 4.78 is 83.5. The van der Waals surface area contributed by atoms with E-state index in [1.165, 1.54) is 18.2 Å². The first-order chi connectivity index (χ1) is 28.0. The van der Waals surface area contributed by atoms with Crippen LogP contribution in [-0.2, 0) is 6.18 Å². The molecule has 282 valence electrons. The van der Waals surface area contributed by atoms with Gasteiger partial charge in [0.15, 0.2) is 0 Å². The lowest BCUT2D eigenvalue weighted by Gasteiger charge is -2.23. The van der Waals surface area contributed by atoms with Gasteiger partial charge in [-0.1, -0.05) is 114 Å². The van der Waals surface area contributed by atoms with Crippen molar-refractivity contribution in [3.8, 4) is 44.8 Å². The molecule has 0 saturated carbocycles. The van der Waals surface area contributed by atoms with Crippen molar-refractivity contribution in [2.75, 3.05) is 0 Å². The lowest BCUT2D eigenvalue weighted by atomic mass is 9.98. The first-order valence-corrected chi connectivity index (χ1v) is 19.0. The summed E-state index contributed by atoms with van der Waals surface area (Å²) in [6, 6.07) is 48.2. The van der Waals surface area contributed by atoms with E-state index in [1.54, 1.807) is 33.4 Å². The van der Waals surface area contributed by atoms with Crippen molar-refractivity contribution < 1.29 is 22.0 Å². The number of para-hydroxylation sites is 2. The highest BCUT2D eigenvalue weighted by Crippen LogP contribution is 2.47. The maximum Gasteiger partial charge on any atom is 0.420 e. The molecule has 0 saturated heterocycles. The van der Waals surface area contributed by atoms with Crippen LogP contribution in [0, 0.1) is 25.5 Å². The molecule has 0 N–H and O–H groups in total. The van der Waals surface area contributed by atoms with Gasteiger partial charge in [0, 0.05) is 21.5 Å². The minimum Gasteiger partial charge on any atom is -0.309 e. The molecule has 7 heteroatoms. The second-order valence-corrected chi connectivity index (χ2v) is 14.9. The van der Waals surface area contributed by atoms with E-state index in [4.69, 9.17) is 0 Å². The largest absolute Gasteiger partial charge is 0.420 e. The third-order valence-corrected chi connectivity index (χ3v) is 11.2. The smallest absolute Gasteiger partial charge is 0.309 e. The molecule has 2 nitrogen and oxygen atoms in total. The molecule has 0 radical (unpaired) electrons. The van der Waals surface area contributed by atoms with Gasteiger partial charge in [-0.3, -0.25) is 0 Å². The van der Waals surface area contributed by atoms with Gasteiger partial charge < -0.3 is 9.13 Å². The molecular formula is C51H33F5N2. The highest BCUT2D eigenvalue weighted by atomic mass is 19.4. The van der Waals surface area contributed by atoms with E-state index in [9.17, 15) is 0 Å². The van der Waals surface area contributed by atoms with Crippen LogP contribution in [0.25, 0.3) is 88.4 Å². The molecule has 0 amide bonds. The van der Waals surface area contributed by atoms with Crippen molar-refractivity contribution in [1.29, 1.82) is 0 Å². The van der Waals surface area contributed by atoms with Crippen LogP contribution in [0.3, 0.4) is 0 Å². The third-order valence-electron chi connectivity index (χ3n) is 11.2. The van der Waals surface area contributed by atoms with E-state index < -0.39 is 28.9 Å². The van der Waals surface area contributed by atoms with Gasteiger partial charge in [0.25, 0.3) is 0 Å². The fourth-order valence-corrected chi connectivity index (χ4v) is 8.49. The number of halogens is 5. The Labute approximate surface area is 330 Å². The topological polar surface area (TPSA) is 9.86 Å². The van der Waals surface area contributed by atoms with Gasteiger partial charge in [-0.05, 0) is 102 Å². The summed E-state index contributed by atoms with van der Waals surface area (Å²) in [6.45, 7) is 4.02. The molecule has 0 aliphatic carbocycles. The number of aromatic nitrogens is 2. The van der Waals surface area contributed by atoms with Crippen molar-refractivity contribution in [2.45, 2.75) is 20.0 Å². The van der Waals surface area contributed by atoms with Crippen molar-refractivity contribution in [3.05, 3.63) is 192 Å². The number of hydrogen-bond acceptors (Lipinski definition) is 0. The van der Waals surface area contributed by atoms with E-state index >= 15 is 22.0 Å². The molecule has 0 fully saturated rings. The molecule has 58 heavy (non-hydrogen) atoms. The monoisotopic (exact) mass is 768 g/mol. The third kappa shape index (κ3) is 5.68. The zero-order chi connectivity index (χ0) is 39.9. The van der Waals surface area contributed by atoms with E-state index in [1.807, 2.05) is 123 Å². The zero-order valence-electron chi connectivity index (χ0n) is 31.4. The quantitative estimate of drug-likeness (QED) is 0.154. The normalized spacial score (nSPS) is 12.1. The molecule has 2 heterocycles. The average Bonchev–Trinajstić information content (AvgIpc) is 3.73. The molecule has 0 unspecified atom stereocenters. The number of aryl methyl sites for hydroxylation is 2. The molecule has 10 rings (SSSR count). The maximum atomic E-state index is 16.2. The molecule has 0 bridgehead atoms. The Kier molecular flexibility index (Phi) is 8.13. The minimum absolute atomic E-state index is 0.0296. The van der Waals surface area contributed by atoms with Gasteiger partial charge >= 0.3 is 6.18 Å².